The van der Waals surface area contributed by atoms with Gasteiger partial charge in [0.2, 0.25) is 0 Å². The zero-order chi connectivity index (χ0) is 19.4. The van der Waals surface area contributed by atoms with Crippen LogP contribution in [0.3, 0.4) is 0 Å². The fraction of sp³-hybridized carbons (Fsp3) is 0.263. The van der Waals surface area contributed by atoms with E-state index in [1.807, 2.05) is 23.1 Å². The average molecular weight is 408 g/mol. The second-order valence-electron chi connectivity index (χ2n) is 6.13. The number of hydrazine groups is 1. The average Bonchev–Trinajstić information content (AvgIpc) is 2.66. The monoisotopic (exact) mass is 407 g/mol. The lowest BCUT2D eigenvalue weighted by atomic mass is 10.0. The molecule has 0 radical (unpaired) electrons. The molecule has 27 heavy (non-hydrogen) atoms. The highest BCUT2D eigenvalue weighted by atomic mass is 35.5. The Morgan fingerprint density at radius 2 is 1.85 bits per heavy atom. The minimum absolute atomic E-state index is 0.154. The first kappa shape index (κ1) is 19.3. The van der Waals surface area contributed by atoms with Crippen LogP contribution in [-0.4, -0.2) is 32.0 Å². The lowest BCUT2D eigenvalue weighted by Gasteiger charge is -2.30. The molecule has 0 bridgehead atoms. The van der Waals surface area contributed by atoms with Crippen molar-refractivity contribution in [3.05, 3.63) is 57.6 Å². The van der Waals surface area contributed by atoms with E-state index in [0.717, 1.165) is 25.1 Å². The quantitative estimate of drug-likeness (QED) is 0.763. The van der Waals surface area contributed by atoms with Crippen molar-refractivity contribution in [2.45, 2.75) is 12.8 Å². The number of aryl methyl sites for hydroxylation is 1. The van der Waals surface area contributed by atoms with E-state index in [1.165, 1.54) is 24.8 Å². The van der Waals surface area contributed by atoms with Gasteiger partial charge in [-0.2, -0.15) is 0 Å². The second-order valence-corrected chi connectivity index (χ2v) is 6.94. The number of rotatable bonds is 4. The summed E-state index contributed by atoms with van der Waals surface area (Å²) in [5.41, 5.74) is 7.31. The number of anilines is 1. The van der Waals surface area contributed by atoms with Gasteiger partial charge in [0, 0.05) is 17.8 Å². The number of carbonyl (C=O) groups excluding carboxylic acids is 2. The van der Waals surface area contributed by atoms with E-state index in [4.69, 9.17) is 27.9 Å². The van der Waals surface area contributed by atoms with Crippen molar-refractivity contribution in [2.24, 2.45) is 0 Å². The van der Waals surface area contributed by atoms with E-state index in [1.54, 1.807) is 0 Å². The number of hydrogen-bond donors (Lipinski definition) is 2. The number of para-hydroxylation sites is 1. The smallest absolute Gasteiger partial charge is 0.269 e. The van der Waals surface area contributed by atoms with E-state index in [9.17, 15) is 9.59 Å². The Morgan fingerprint density at radius 3 is 2.56 bits per heavy atom. The number of ether oxygens (including phenoxy) is 1. The minimum atomic E-state index is -0.520. The van der Waals surface area contributed by atoms with Gasteiger partial charge in [-0.05, 0) is 36.6 Å². The van der Waals surface area contributed by atoms with Crippen LogP contribution < -0.4 is 20.5 Å². The maximum absolute atomic E-state index is 12.3. The summed E-state index contributed by atoms with van der Waals surface area (Å²) in [7, 11) is 1.44. The molecule has 0 spiro atoms. The van der Waals surface area contributed by atoms with E-state index >= 15 is 0 Å². The second kappa shape index (κ2) is 8.50. The lowest BCUT2D eigenvalue weighted by Crippen LogP contribution is -2.47. The molecular formula is C19H19Cl2N3O3. The van der Waals surface area contributed by atoms with Gasteiger partial charge in [0.25, 0.3) is 11.8 Å². The molecule has 2 aromatic carbocycles. The van der Waals surface area contributed by atoms with E-state index in [2.05, 4.69) is 16.9 Å². The van der Waals surface area contributed by atoms with Crippen LogP contribution in [0.5, 0.6) is 5.75 Å². The van der Waals surface area contributed by atoms with Gasteiger partial charge in [-0.25, -0.2) is 0 Å². The van der Waals surface area contributed by atoms with Crippen molar-refractivity contribution in [1.82, 2.24) is 10.9 Å². The van der Waals surface area contributed by atoms with Crippen LogP contribution >= 0.6 is 23.2 Å². The third-order valence-corrected chi connectivity index (χ3v) is 4.88. The first-order valence-corrected chi connectivity index (χ1v) is 9.20. The molecule has 8 heteroatoms. The molecule has 1 aliphatic heterocycles. The van der Waals surface area contributed by atoms with Crippen LogP contribution in [0.4, 0.5) is 5.69 Å². The number of hydrogen-bond acceptors (Lipinski definition) is 4. The minimum Gasteiger partial charge on any atom is -0.494 e. The summed E-state index contributed by atoms with van der Waals surface area (Å²) in [4.78, 5) is 26.5. The van der Waals surface area contributed by atoms with Crippen LogP contribution in [0.1, 0.15) is 22.3 Å². The molecule has 6 nitrogen and oxygen atoms in total. The summed E-state index contributed by atoms with van der Waals surface area (Å²) in [5.74, 6) is -0.540. The number of nitrogens with one attached hydrogen (secondary N) is 2. The Hall–Kier alpha value is -2.44. The Morgan fingerprint density at radius 1 is 1.15 bits per heavy atom. The largest absolute Gasteiger partial charge is 0.494 e. The first-order chi connectivity index (χ1) is 13.0. The number of carbonyl (C=O) groups is 2. The van der Waals surface area contributed by atoms with Crippen molar-refractivity contribution in [1.29, 1.82) is 0 Å². The molecule has 142 valence electrons. The zero-order valence-corrected chi connectivity index (χ0v) is 16.2. The summed E-state index contributed by atoms with van der Waals surface area (Å²) in [6, 6.07) is 10.9. The third-order valence-electron chi connectivity index (χ3n) is 4.32. The molecule has 2 amide bonds. The number of methoxy groups -OCH3 is 1. The SMILES string of the molecule is COc1c(Cl)cc(C(=O)NNC(=O)CN2CCCc3ccccc32)cc1Cl. The standard InChI is InChI=1S/C19H19Cl2N3O3/c1-27-18-14(20)9-13(10-15(18)21)19(26)23-22-17(25)11-24-8-4-6-12-5-2-3-7-16(12)24/h2-3,5,7,9-10H,4,6,8,11H2,1H3,(H,22,25)(H,23,26). The van der Waals surface area contributed by atoms with Crippen LogP contribution in [0.15, 0.2) is 36.4 Å². The maximum atomic E-state index is 12.3. The molecule has 0 atom stereocenters. The fourth-order valence-electron chi connectivity index (χ4n) is 3.07. The van der Waals surface area contributed by atoms with Gasteiger partial charge >= 0.3 is 0 Å². The zero-order valence-electron chi connectivity index (χ0n) is 14.7. The summed E-state index contributed by atoms with van der Waals surface area (Å²) in [5, 5.41) is 0.429. The molecule has 0 aliphatic carbocycles. The Bertz CT molecular complexity index is 850. The number of fused-ring (bicyclic) bond motifs is 1. The Balaban J connectivity index is 1.59. The van der Waals surface area contributed by atoms with Gasteiger partial charge < -0.3 is 9.64 Å². The number of benzene rings is 2. The molecule has 0 unspecified atom stereocenters. The molecule has 0 fully saturated rings. The maximum Gasteiger partial charge on any atom is 0.269 e. The van der Waals surface area contributed by atoms with Gasteiger partial charge in [-0.3, -0.25) is 20.4 Å². The molecule has 2 aromatic rings. The predicted molar refractivity (Wildman–Crippen MR) is 106 cm³/mol. The van der Waals surface area contributed by atoms with Crippen molar-refractivity contribution < 1.29 is 14.3 Å². The van der Waals surface area contributed by atoms with E-state index < -0.39 is 5.91 Å². The van der Waals surface area contributed by atoms with E-state index in [-0.39, 0.29) is 28.1 Å². The number of nitrogens with zero attached hydrogens (tertiary/aromatic N) is 1. The van der Waals surface area contributed by atoms with Gasteiger partial charge in [0.05, 0.1) is 23.7 Å². The molecule has 3 rings (SSSR count). The van der Waals surface area contributed by atoms with Gasteiger partial charge in [-0.1, -0.05) is 41.4 Å². The van der Waals surface area contributed by atoms with Crippen LogP contribution in [-0.2, 0) is 11.2 Å². The molecule has 0 aromatic heterocycles. The van der Waals surface area contributed by atoms with E-state index in [0.29, 0.717) is 5.75 Å². The first-order valence-electron chi connectivity index (χ1n) is 8.44. The summed E-state index contributed by atoms with van der Waals surface area (Å²) in [6.07, 6.45) is 1.99. The highest BCUT2D eigenvalue weighted by Crippen LogP contribution is 2.33. The van der Waals surface area contributed by atoms with Crippen molar-refractivity contribution in [2.75, 3.05) is 25.1 Å². The fourth-order valence-corrected chi connectivity index (χ4v) is 3.71. The van der Waals surface area contributed by atoms with Crippen LogP contribution in [0, 0.1) is 0 Å². The van der Waals surface area contributed by atoms with Gasteiger partial charge in [-0.15, -0.1) is 0 Å². The normalized spacial score (nSPS) is 12.9. The molecule has 1 aliphatic rings. The van der Waals surface area contributed by atoms with Crippen molar-refractivity contribution in [3.63, 3.8) is 0 Å². The third kappa shape index (κ3) is 4.46. The number of amides is 2. The van der Waals surface area contributed by atoms with Gasteiger partial charge in [0.1, 0.15) is 0 Å². The topological polar surface area (TPSA) is 70.7 Å². The highest BCUT2D eigenvalue weighted by molar-refractivity contribution is 6.37. The van der Waals surface area contributed by atoms with Crippen molar-refractivity contribution >= 4 is 40.7 Å². The van der Waals surface area contributed by atoms with Gasteiger partial charge in [0.15, 0.2) is 5.75 Å². The molecule has 1 heterocycles. The molecule has 0 saturated heterocycles. The van der Waals surface area contributed by atoms with Crippen molar-refractivity contribution in [3.8, 4) is 5.75 Å². The Labute approximate surface area is 167 Å². The van der Waals surface area contributed by atoms with Crippen LogP contribution in [0.2, 0.25) is 10.0 Å². The molecule has 0 saturated carbocycles. The predicted octanol–water partition coefficient (Wildman–Crippen LogP) is 3.22. The molecule has 2 N–H and O–H groups in total. The molecular weight excluding hydrogens is 389 g/mol. The summed E-state index contributed by atoms with van der Waals surface area (Å²) in [6.45, 7) is 0.948. The van der Waals surface area contributed by atoms with Crippen LogP contribution in [0.25, 0.3) is 0 Å². The number of halogens is 2. The summed E-state index contributed by atoms with van der Waals surface area (Å²) >= 11 is 12.1. The summed E-state index contributed by atoms with van der Waals surface area (Å²) < 4.78 is 5.05. The Kier molecular flexibility index (Phi) is 6.08. The lowest BCUT2D eigenvalue weighted by molar-refractivity contribution is -0.120. The highest BCUT2D eigenvalue weighted by Gasteiger charge is 2.19.